The molecule has 2 saturated carbocycles. The minimum atomic E-state index is -0.120. The van der Waals surface area contributed by atoms with Crippen LogP contribution in [0, 0.1) is 11.8 Å². The molecule has 2 unspecified atom stereocenters. The van der Waals surface area contributed by atoms with Crippen molar-refractivity contribution in [3.05, 3.63) is 0 Å². The summed E-state index contributed by atoms with van der Waals surface area (Å²) in [6.45, 7) is 2.83. The number of carbonyl (C=O) groups excluding carboxylic acids is 1. The first-order valence-corrected chi connectivity index (χ1v) is 8.17. The average molecular weight is 266 g/mol. The number of hydrogen-bond acceptors (Lipinski definition) is 2. The van der Waals surface area contributed by atoms with Crippen LogP contribution in [0.2, 0.25) is 0 Å². The zero-order chi connectivity index (χ0) is 13.7. The number of nitrogens with two attached hydrogens (primary N) is 1. The molecule has 3 nitrogen and oxygen atoms in total. The first-order valence-electron chi connectivity index (χ1n) is 8.17. The number of nitrogens with one attached hydrogen (secondary N) is 1. The van der Waals surface area contributed by atoms with E-state index in [1.807, 2.05) is 0 Å². The van der Waals surface area contributed by atoms with E-state index in [2.05, 4.69) is 12.2 Å². The molecule has 0 aromatic carbocycles. The molecule has 110 valence electrons. The summed E-state index contributed by atoms with van der Waals surface area (Å²) in [6, 6.07) is 0. The Morgan fingerprint density at radius 3 is 2.53 bits per heavy atom. The molecule has 2 rings (SSSR count). The molecule has 19 heavy (non-hydrogen) atoms. The molecule has 0 heterocycles. The number of rotatable bonds is 5. The predicted molar refractivity (Wildman–Crippen MR) is 78.8 cm³/mol. The zero-order valence-corrected chi connectivity index (χ0v) is 12.4. The highest BCUT2D eigenvalue weighted by Crippen LogP contribution is 2.33. The van der Waals surface area contributed by atoms with E-state index in [1.54, 1.807) is 0 Å². The van der Waals surface area contributed by atoms with Gasteiger partial charge in [-0.1, -0.05) is 45.4 Å². The summed E-state index contributed by atoms with van der Waals surface area (Å²) in [5.74, 6) is 1.54. The van der Waals surface area contributed by atoms with Gasteiger partial charge in [-0.25, -0.2) is 0 Å². The monoisotopic (exact) mass is 266 g/mol. The second kappa shape index (κ2) is 6.74. The molecule has 0 spiro atoms. The molecule has 1 amide bonds. The maximum atomic E-state index is 12.2. The minimum absolute atomic E-state index is 0.120. The lowest BCUT2D eigenvalue weighted by molar-refractivity contribution is -0.124. The number of amides is 1. The average Bonchev–Trinajstić information content (AvgIpc) is 2.92. The summed E-state index contributed by atoms with van der Waals surface area (Å²) in [6.07, 6.45) is 11.9. The van der Waals surface area contributed by atoms with Gasteiger partial charge in [-0.15, -0.1) is 0 Å². The molecular weight excluding hydrogens is 236 g/mol. The molecule has 3 heteroatoms. The Morgan fingerprint density at radius 1 is 1.21 bits per heavy atom. The third-order valence-corrected chi connectivity index (χ3v) is 5.46. The number of hydrogen-bond donors (Lipinski definition) is 2. The van der Waals surface area contributed by atoms with E-state index >= 15 is 0 Å². The minimum Gasteiger partial charge on any atom is -0.349 e. The van der Waals surface area contributed by atoms with Crippen molar-refractivity contribution < 1.29 is 4.79 Å². The van der Waals surface area contributed by atoms with Crippen molar-refractivity contribution in [2.45, 2.75) is 76.7 Å². The van der Waals surface area contributed by atoms with Crippen molar-refractivity contribution >= 4 is 5.91 Å². The summed E-state index contributed by atoms with van der Waals surface area (Å²) < 4.78 is 0. The third kappa shape index (κ3) is 3.71. The summed E-state index contributed by atoms with van der Waals surface area (Å²) in [5.41, 5.74) is 5.86. The van der Waals surface area contributed by atoms with Crippen molar-refractivity contribution in [1.29, 1.82) is 0 Å². The maximum absolute atomic E-state index is 12.2. The third-order valence-electron chi connectivity index (χ3n) is 5.46. The van der Waals surface area contributed by atoms with Gasteiger partial charge in [-0.3, -0.25) is 4.79 Å². The van der Waals surface area contributed by atoms with Crippen LogP contribution in [0.5, 0.6) is 0 Å². The van der Waals surface area contributed by atoms with E-state index in [1.165, 1.54) is 44.9 Å². The molecular formula is C16H30N2O. The molecule has 0 aromatic rings. The van der Waals surface area contributed by atoms with Crippen molar-refractivity contribution in [2.75, 3.05) is 6.54 Å². The SMILES string of the molecule is CC1CCCCC1(CN)NC(=O)CCC1CCCC1. The smallest absolute Gasteiger partial charge is 0.220 e. The molecule has 3 N–H and O–H groups in total. The van der Waals surface area contributed by atoms with Crippen LogP contribution in [-0.2, 0) is 4.79 Å². The van der Waals surface area contributed by atoms with Gasteiger partial charge in [-0.05, 0) is 31.1 Å². The molecule has 2 fully saturated rings. The van der Waals surface area contributed by atoms with Crippen LogP contribution in [0.3, 0.4) is 0 Å². The number of carbonyl (C=O) groups is 1. The van der Waals surface area contributed by atoms with Crippen molar-refractivity contribution in [2.24, 2.45) is 17.6 Å². The molecule has 2 atom stereocenters. The lowest BCUT2D eigenvalue weighted by Gasteiger charge is -2.42. The first-order chi connectivity index (χ1) is 9.16. The van der Waals surface area contributed by atoms with Crippen LogP contribution < -0.4 is 11.1 Å². The molecule has 0 aromatic heterocycles. The Hall–Kier alpha value is -0.570. The Morgan fingerprint density at radius 2 is 1.89 bits per heavy atom. The fraction of sp³-hybridized carbons (Fsp3) is 0.938. The van der Waals surface area contributed by atoms with Crippen molar-refractivity contribution in [1.82, 2.24) is 5.32 Å². The van der Waals surface area contributed by atoms with E-state index in [-0.39, 0.29) is 11.4 Å². The lowest BCUT2D eigenvalue weighted by Crippen LogP contribution is -2.59. The molecule has 2 aliphatic carbocycles. The fourth-order valence-corrected chi connectivity index (χ4v) is 3.93. The summed E-state index contributed by atoms with van der Waals surface area (Å²) in [5, 5.41) is 3.29. The maximum Gasteiger partial charge on any atom is 0.220 e. The van der Waals surface area contributed by atoms with Gasteiger partial charge < -0.3 is 11.1 Å². The van der Waals surface area contributed by atoms with Gasteiger partial charge in [-0.2, -0.15) is 0 Å². The summed E-state index contributed by atoms with van der Waals surface area (Å²) in [7, 11) is 0. The van der Waals surface area contributed by atoms with Gasteiger partial charge in [0, 0.05) is 13.0 Å². The molecule has 0 saturated heterocycles. The molecule has 0 radical (unpaired) electrons. The highest BCUT2D eigenvalue weighted by molar-refractivity contribution is 5.76. The van der Waals surface area contributed by atoms with Gasteiger partial charge in [0.05, 0.1) is 5.54 Å². The topological polar surface area (TPSA) is 55.1 Å². The summed E-state index contributed by atoms with van der Waals surface area (Å²) in [4.78, 5) is 12.2. The van der Waals surface area contributed by atoms with Crippen molar-refractivity contribution in [3.8, 4) is 0 Å². The van der Waals surface area contributed by atoms with Crippen LogP contribution in [-0.4, -0.2) is 18.0 Å². The van der Waals surface area contributed by atoms with E-state index in [4.69, 9.17) is 5.73 Å². The highest BCUT2D eigenvalue weighted by atomic mass is 16.1. The van der Waals surface area contributed by atoms with Gasteiger partial charge in [0.15, 0.2) is 0 Å². The Balaban J connectivity index is 1.81. The normalized spacial score (nSPS) is 32.4. The Kier molecular flexibility index (Phi) is 5.26. The van der Waals surface area contributed by atoms with Gasteiger partial charge in [0.2, 0.25) is 5.91 Å². The second-order valence-electron chi connectivity index (χ2n) is 6.74. The quantitative estimate of drug-likeness (QED) is 0.803. The van der Waals surface area contributed by atoms with Gasteiger partial charge in [0.1, 0.15) is 0 Å². The van der Waals surface area contributed by atoms with Crippen LogP contribution in [0.4, 0.5) is 0 Å². The molecule has 0 aliphatic heterocycles. The predicted octanol–water partition coefficient (Wildman–Crippen LogP) is 2.98. The summed E-state index contributed by atoms with van der Waals surface area (Å²) >= 11 is 0. The van der Waals surface area contributed by atoms with Crippen LogP contribution >= 0.6 is 0 Å². The fourth-order valence-electron chi connectivity index (χ4n) is 3.93. The van der Waals surface area contributed by atoms with Gasteiger partial charge >= 0.3 is 0 Å². The second-order valence-corrected chi connectivity index (χ2v) is 6.74. The van der Waals surface area contributed by atoms with Crippen LogP contribution in [0.15, 0.2) is 0 Å². The first kappa shape index (κ1) is 14.8. The zero-order valence-electron chi connectivity index (χ0n) is 12.4. The highest BCUT2D eigenvalue weighted by Gasteiger charge is 2.38. The van der Waals surface area contributed by atoms with E-state index in [9.17, 15) is 4.79 Å². The standard InChI is InChI=1S/C16H30N2O/c1-13-6-4-5-11-16(13,12-17)18-15(19)10-9-14-7-2-3-8-14/h13-14H,2-12,17H2,1H3,(H,18,19). The lowest BCUT2D eigenvalue weighted by atomic mass is 9.73. The molecule has 0 bridgehead atoms. The van der Waals surface area contributed by atoms with E-state index in [0.717, 1.165) is 18.8 Å². The van der Waals surface area contributed by atoms with Gasteiger partial charge in [0.25, 0.3) is 0 Å². The van der Waals surface area contributed by atoms with E-state index < -0.39 is 0 Å². The van der Waals surface area contributed by atoms with Crippen LogP contribution in [0.1, 0.15) is 71.1 Å². The largest absolute Gasteiger partial charge is 0.349 e. The van der Waals surface area contributed by atoms with Crippen molar-refractivity contribution in [3.63, 3.8) is 0 Å². The Labute approximate surface area is 117 Å². The van der Waals surface area contributed by atoms with Crippen LogP contribution in [0.25, 0.3) is 0 Å². The van der Waals surface area contributed by atoms with E-state index in [0.29, 0.717) is 18.9 Å². The Bertz CT molecular complexity index is 299. The molecule has 2 aliphatic rings.